The average molecular weight is 614 g/mol. The van der Waals surface area contributed by atoms with Crippen LogP contribution >= 0.6 is 0 Å². The first-order chi connectivity index (χ1) is 21.5. The van der Waals surface area contributed by atoms with Crippen molar-refractivity contribution in [2.75, 3.05) is 52.8 Å². The molecule has 0 aliphatic heterocycles. The second kappa shape index (κ2) is 20.4. The highest BCUT2D eigenvalue weighted by Crippen LogP contribution is 2.25. The number of hydrogen-bond donors (Lipinski definition) is 1. The number of azide groups is 1. The smallest absolute Gasteiger partial charge is 0.220 e. The van der Waals surface area contributed by atoms with Crippen LogP contribution in [0, 0.1) is 5.82 Å². The number of benzene rings is 1. The summed E-state index contributed by atoms with van der Waals surface area (Å²) in [5, 5.41) is 6.27. The van der Waals surface area contributed by atoms with Gasteiger partial charge >= 0.3 is 0 Å². The molecule has 0 fully saturated rings. The molecule has 0 saturated heterocycles. The van der Waals surface area contributed by atoms with Gasteiger partial charge in [-0.2, -0.15) is 0 Å². The minimum absolute atomic E-state index is 0.0650. The molecule has 1 aliphatic rings. The summed E-state index contributed by atoms with van der Waals surface area (Å²) in [6.07, 6.45) is 7.32. The summed E-state index contributed by atoms with van der Waals surface area (Å²) >= 11 is 0. The molecule has 0 radical (unpaired) electrons. The number of rotatable bonds is 22. The Balaban J connectivity index is 1.34. The lowest BCUT2D eigenvalue weighted by molar-refractivity contribution is -0.122. The highest BCUT2D eigenvalue weighted by Gasteiger charge is 2.19. The van der Waals surface area contributed by atoms with Crippen LogP contribution in [0.3, 0.4) is 0 Å². The zero-order valence-electron chi connectivity index (χ0n) is 25.6. The molecule has 0 unspecified atom stereocenters. The number of aryl methyl sites for hydroxylation is 3. The monoisotopic (exact) mass is 613 g/mol. The van der Waals surface area contributed by atoms with Gasteiger partial charge in [0.1, 0.15) is 12.4 Å². The first-order valence-corrected chi connectivity index (χ1v) is 15.4. The molecule has 0 spiro atoms. The minimum atomic E-state index is -0.620. The van der Waals surface area contributed by atoms with Gasteiger partial charge in [-0.1, -0.05) is 17.2 Å². The summed E-state index contributed by atoms with van der Waals surface area (Å²) in [7, 11) is 0. The van der Waals surface area contributed by atoms with Crippen molar-refractivity contribution in [2.45, 2.75) is 70.8 Å². The molecular weight excluding hydrogens is 569 g/mol. The lowest BCUT2D eigenvalue weighted by atomic mass is 9.95. The van der Waals surface area contributed by atoms with Crippen molar-refractivity contribution in [3.8, 4) is 5.75 Å². The highest BCUT2D eigenvalue weighted by molar-refractivity contribution is 5.80. The molecule has 1 N–H and O–H groups in total. The van der Waals surface area contributed by atoms with E-state index in [0.29, 0.717) is 51.4 Å². The van der Waals surface area contributed by atoms with Gasteiger partial charge in [-0.05, 0) is 86.7 Å². The number of ether oxygens (including phenoxy) is 4. The molecule has 44 heavy (non-hydrogen) atoms. The standard InChI is InChI=1S/C32H44FN5O6/c1-24(39)22-30(37-32(40)9-5-3-7-27-12-10-25-6-2-4-8-29(25)36-27)26-11-13-31(28(33)23-26)44-21-20-43-19-18-42-17-16-41-15-14-35-38-34/h10-13,23,30H,2-9,14-22H2,1H3,(H,37,40)/t30-/m0/s1. The molecule has 1 atom stereocenters. The highest BCUT2D eigenvalue weighted by atomic mass is 19.1. The van der Waals surface area contributed by atoms with E-state index in [4.69, 9.17) is 29.5 Å². The third-order valence-corrected chi connectivity index (χ3v) is 7.14. The minimum Gasteiger partial charge on any atom is -0.488 e. The Morgan fingerprint density at radius 3 is 2.45 bits per heavy atom. The quantitative estimate of drug-likeness (QED) is 0.0811. The van der Waals surface area contributed by atoms with E-state index >= 15 is 0 Å². The van der Waals surface area contributed by atoms with Crippen LogP contribution in [0.25, 0.3) is 10.4 Å². The van der Waals surface area contributed by atoms with Crippen molar-refractivity contribution in [3.05, 3.63) is 69.1 Å². The molecular formula is C32H44FN5O6. The zero-order chi connectivity index (χ0) is 31.4. The molecule has 1 aromatic carbocycles. The summed E-state index contributed by atoms with van der Waals surface area (Å²) < 4.78 is 36.3. The molecule has 0 saturated carbocycles. The molecule has 1 aromatic heterocycles. The van der Waals surface area contributed by atoms with Gasteiger partial charge in [-0.15, -0.1) is 0 Å². The van der Waals surface area contributed by atoms with Crippen molar-refractivity contribution in [1.82, 2.24) is 10.3 Å². The number of fused-ring (bicyclic) bond motifs is 1. The summed E-state index contributed by atoms with van der Waals surface area (Å²) in [5.41, 5.74) is 12.3. The number of halogens is 1. The third kappa shape index (κ3) is 13.4. The van der Waals surface area contributed by atoms with Crippen LogP contribution in [-0.2, 0) is 43.1 Å². The lowest BCUT2D eigenvalue weighted by Crippen LogP contribution is -2.29. The maximum absolute atomic E-state index is 14.8. The lowest BCUT2D eigenvalue weighted by Gasteiger charge is -2.19. The number of pyridine rings is 1. The van der Waals surface area contributed by atoms with E-state index in [-0.39, 0.29) is 43.6 Å². The van der Waals surface area contributed by atoms with Gasteiger partial charge in [0.2, 0.25) is 5.91 Å². The van der Waals surface area contributed by atoms with Gasteiger partial charge in [0.25, 0.3) is 0 Å². The Morgan fingerprint density at radius 1 is 1.00 bits per heavy atom. The van der Waals surface area contributed by atoms with Crippen LogP contribution in [0.5, 0.6) is 5.75 Å². The van der Waals surface area contributed by atoms with Crippen molar-refractivity contribution in [1.29, 1.82) is 0 Å². The number of carbonyl (C=O) groups excluding carboxylic acids is 2. The van der Waals surface area contributed by atoms with Crippen LogP contribution in [0.1, 0.15) is 74.0 Å². The number of unbranched alkanes of at least 4 members (excludes halogenated alkanes) is 1. The van der Waals surface area contributed by atoms with Gasteiger partial charge in [-0.25, -0.2) is 4.39 Å². The van der Waals surface area contributed by atoms with Gasteiger partial charge in [0.05, 0.1) is 45.7 Å². The van der Waals surface area contributed by atoms with E-state index in [1.54, 1.807) is 6.07 Å². The number of hydrogen-bond acceptors (Lipinski definition) is 8. The SMILES string of the molecule is CC(=O)C[C@H](NC(=O)CCCCc1ccc2c(n1)CCCC2)c1ccc(OCCOCCOCCOCCN=[N+]=[N-])c(F)c1. The summed E-state index contributed by atoms with van der Waals surface area (Å²) in [4.78, 5) is 32.1. The second-order valence-electron chi connectivity index (χ2n) is 10.7. The van der Waals surface area contributed by atoms with Gasteiger partial charge in [0.15, 0.2) is 11.6 Å². The van der Waals surface area contributed by atoms with Gasteiger partial charge in [-0.3, -0.25) is 14.6 Å². The van der Waals surface area contributed by atoms with E-state index in [0.717, 1.165) is 31.4 Å². The molecule has 1 aliphatic carbocycles. The molecule has 12 heteroatoms. The molecule has 2 aromatic rings. The number of Topliss-reactive ketones (excluding diaryl/α,β-unsaturated/α-hetero) is 1. The molecule has 11 nitrogen and oxygen atoms in total. The molecule has 240 valence electrons. The third-order valence-electron chi connectivity index (χ3n) is 7.14. The topological polar surface area (TPSA) is 145 Å². The fourth-order valence-electron chi connectivity index (χ4n) is 4.92. The predicted octanol–water partition coefficient (Wildman–Crippen LogP) is 5.39. The average Bonchev–Trinajstić information content (AvgIpc) is 3.01. The fourth-order valence-corrected chi connectivity index (χ4v) is 4.92. The van der Waals surface area contributed by atoms with Crippen molar-refractivity contribution < 1.29 is 32.9 Å². The van der Waals surface area contributed by atoms with Crippen molar-refractivity contribution in [3.63, 3.8) is 0 Å². The zero-order valence-corrected chi connectivity index (χ0v) is 25.6. The van der Waals surface area contributed by atoms with Crippen LogP contribution in [0.4, 0.5) is 4.39 Å². The van der Waals surface area contributed by atoms with Crippen LogP contribution in [-0.4, -0.2) is 69.5 Å². The van der Waals surface area contributed by atoms with Crippen LogP contribution < -0.4 is 10.1 Å². The van der Waals surface area contributed by atoms with Crippen molar-refractivity contribution >= 4 is 11.7 Å². The summed E-state index contributed by atoms with van der Waals surface area (Å²) in [6, 6.07) is 8.13. The molecule has 0 bridgehead atoms. The Hall–Kier alpha value is -3.57. The number of nitrogens with one attached hydrogen (secondary N) is 1. The normalized spacial score (nSPS) is 13.0. The first kappa shape index (κ1) is 34.9. The van der Waals surface area contributed by atoms with Gasteiger partial charge < -0.3 is 24.3 Å². The number of nitrogens with zero attached hydrogens (tertiary/aromatic N) is 4. The first-order valence-electron chi connectivity index (χ1n) is 15.4. The Kier molecular flexibility index (Phi) is 16.2. The van der Waals surface area contributed by atoms with E-state index in [1.165, 1.54) is 43.2 Å². The van der Waals surface area contributed by atoms with Crippen LogP contribution in [0.15, 0.2) is 35.4 Å². The maximum atomic E-state index is 14.8. The second-order valence-corrected chi connectivity index (χ2v) is 10.7. The van der Waals surface area contributed by atoms with Crippen molar-refractivity contribution in [2.24, 2.45) is 5.11 Å². The molecule has 1 amide bonds. The summed E-state index contributed by atoms with van der Waals surface area (Å²) in [6.45, 7) is 3.99. The Labute approximate surface area is 258 Å². The predicted molar refractivity (Wildman–Crippen MR) is 163 cm³/mol. The van der Waals surface area contributed by atoms with E-state index in [9.17, 15) is 14.0 Å². The van der Waals surface area contributed by atoms with Crippen LogP contribution in [0.2, 0.25) is 0 Å². The fraction of sp³-hybridized carbons (Fsp3) is 0.594. The maximum Gasteiger partial charge on any atom is 0.220 e. The Morgan fingerprint density at radius 2 is 1.73 bits per heavy atom. The van der Waals surface area contributed by atoms with Gasteiger partial charge in [0, 0.05) is 35.7 Å². The molecule has 3 rings (SSSR count). The largest absolute Gasteiger partial charge is 0.488 e. The van der Waals surface area contributed by atoms with E-state index in [1.807, 2.05) is 0 Å². The molecule has 1 heterocycles. The van der Waals surface area contributed by atoms with E-state index in [2.05, 4.69) is 27.5 Å². The Bertz CT molecular complexity index is 1240. The number of carbonyl (C=O) groups is 2. The number of aromatic nitrogens is 1. The number of ketones is 1. The van der Waals surface area contributed by atoms with E-state index < -0.39 is 11.9 Å². The number of amides is 1. The summed E-state index contributed by atoms with van der Waals surface area (Å²) in [5.74, 6) is -0.787.